The summed E-state index contributed by atoms with van der Waals surface area (Å²) in [6.07, 6.45) is 4.00. The molecule has 0 aliphatic rings. The normalized spacial score (nSPS) is 11.5. The Hall–Kier alpha value is -1.66. The Morgan fingerprint density at radius 3 is 2.89 bits per heavy atom. The van der Waals surface area contributed by atoms with Crippen LogP contribution in [0.2, 0.25) is 0 Å². The fourth-order valence-corrected chi connectivity index (χ4v) is 2.97. The summed E-state index contributed by atoms with van der Waals surface area (Å²) in [4.78, 5) is 5.61. The number of thiazole rings is 1. The van der Waals surface area contributed by atoms with Crippen molar-refractivity contribution in [1.82, 2.24) is 24.5 Å². The first-order chi connectivity index (χ1) is 9.16. The van der Waals surface area contributed by atoms with Gasteiger partial charge < -0.3 is 5.32 Å². The van der Waals surface area contributed by atoms with Gasteiger partial charge in [-0.15, -0.1) is 11.3 Å². The first-order valence-electron chi connectivity index (χ1n) is 6.26. The first-order valence-corrected chi connectivity index (χ1v) is 7.14. The number of rotatable bonds is 4. The third kappa shape index (κ3) is 2.17. The van der Waals surface area contributed by atoms with Crippen molar-refractivity contribution in [2.24, 2.45) is 7.05 Å². The summed E-state index contributed by atoms with van der Waals surface area (Å²) in [5, 5.41) is 9.79. The summed E-state index contributed by atoms with van der Waals surface area (Å²) in [6.45, 7) is 5.80. The van der Waals surface area contributed by atoms with E-state index in [0.717, 1.165) is 23.7 Å². The maximum Gasteiger partial charge on any atom is 0.194 e. The number of fused-ring (bicyclic) bond motifs is 1. The van der Waals surface area contributed by atoms with Crippen LogP contribution >= 0.6 is 11.3 Å². The van der Waals surface area contributed by atoms with Crippen molar-refractivity contribution in [2.75, 3.05) is 0 Å². The van der Waals surface area contributed by atoms with Crippen molar-refractivity contribution in [2.45, 2.75) is 26.9 Å². The number of aromatic nitrogens is 4. The zero-order valence-electron chi connectivity index (χ0n) is 11.3. The van der Waals surface area contributed by atoms with Gasteiger partial charge in [0, 0.05) is 43.0 Å². The first kappa shape index (κ1) is 12.4. The molecular formula is C13H17N5S. The van der Waals surface area contributed by atoms with Crippen molar-refractivity contribution in [3.8, 4) is 0 Å². The van der Waals surface area contributed by atoms with E-state index in [9.17, 15) is 0 Å². The molecule has 0 radical (unpaired) electrons. The highest BCUT2D eigenvalue weighted by Gasteiger charge is 2.09. The molecule has 0 unspecified atom stereocenters. The van der Waals surface area contributed by atoms with Gasteiger partial charge in [0.1, 0.15) is 0 Å². The second kappa shape index (κ2) is 4.79. The number of nitrogens with one attached hydrogen (secondary N) is 1. The molecule has 0 bridgehead atoms. The third-order valence-corrected chi connectivity index (χ3v) is 4.26. The van der Waals surface area contributed by atoms with E-state index in [2.05, 4.69) is 45.2 Å². The summed E-state index contributed by atoms with van der Waals surface area (Å²) >= 11 is 1.67. The third-order valence-electron chi connectivity index (χ3n) is 3.51. The van der Waals surface area contributed by atoms with E-state index < -0.39 is 0 Å². The van der Waals surface area contributed by atoms with Crippen LogP contribution in [0.3, 0.4) is 0 Å². The van der Waals surface area contributed by atoms with E-state index in [1.165, 1.54) is 17.0 Å². The molecule has 3 aromatic heterocycles. The molecule has 3 aromatic rings. The maximum absolute atomic E-state index is 4.55. The average molecular weight is 275 g/mol. The van der Waals surface area contributed by atoms with E-state index in [1.807, 2.05) is 17.9 Å². The smallest absolute Gasteiger partial charge is 0.194 e. The van der Waals surface area contributed by atoms with Gasteiger partial charge >= 0.3 is 0 Å². The molecule has 6 heteroatoms. The fraction of sp³-hybridized carbons (Fsp3) is 0.385. The molecule has 3 rings (SSSR count). The Kier molecular flexibility index (Phi) is 3.12. The highest BCUT2D eigenvalue weighted by atomic mass is 32.1. The summed E-state index contributed by atoms with van der Waals surface area (Å²) in [5.41, 5.74) is 4.78. The SMILES string of the molecule is Cc1nc2sccn2c1CNCc1cnn(C)c1C. The molecule has 0 spiro atoms. The van der Waals surface area contributed by atoms with E-state index in [-0.39, 0.29) is 0 Å². The molecule has 0 fully saturated rings. The molecule has 19 heavy (non-hydrogen) atoms. The molecule has 0 saturated heterocycles. The number of hydrogen-bond donors (Lipinski definition) is 1. The molecule has 0 amide bonds. The minimum absolute atomic E-state index is 0.818. The van der Waals surface area contributed by atoms with Gasteiger partial charge in [-0.05, 0) is 13.8 Å². The quantitative estimate of drug-likeness (QED) is 0.792. The van der Waals surface area contributed by atoms with E-state index in [0.29, 0.717) is 0 Å². The molecule has 100 valence electrons. The predicted molar refractivity (Wildman–Crippen MR) is 76.3 cm³/mol. The van der Waals surface area contributed by atoms with Crippen LogP contribution in [-0.4, -0.2) is 19.2 Å². The lowest BCUT2D eigenvalue weighted by molar-refractivity contribution is 0.666. The number of nitrogens with zero attached hydrogens (tertiary/aromatic N) is 4. The Labute approximate surface area is 115 Å². The highest BCUT2D eigenvalue weighted by Crippen LogP contribution is 2.16. The van der Waals surface area contributed by atoms with Crippen LogP contribution in [0.25, 0.3) is 4.96 Å². The van der Waals surface area contributed by atoms with Crippen LogP contribution in [0.1, 0.15) is 22.6 Å². The van der Waals surface area contributed by atoms with Crippen LogP contribution in [-0.2, 0) is 20.1 Å². The Morgan fingerprint density at radius 1 is 1.32 bits per heavy atom. The lowest BCUT2D eigenvalue weighted by Gasteiger charge is -2.05. The van der Waals surface area contributed by atoms with Crippen LogP contribution in [0.4, 0.5) is 0 Å². The van der Waals surface area contributed by atoms with Gasteiger partial charge in [-0.2, -0.15) is 5.10 Å². The van der Waals surface area contributed by atoms with Crippen LogP contribution < -0.4 is 5.32 Å². The predicted octanol–water partition coefficient (Wildman–Crippen LogP) is 2.04. The highest BCUT2D eigenvalue weighted by molar-refractivity contribution is 7.15. The van der Waals surface area contributed by atoms with Gasteiger partial charge in [0.05, 0.1) is 17.6 Å². The second-order valence-corrected chi connectivity index (χ2v) is 5.55. The van der Waals surface area contributed by atoms with E-state index in [4.69, 9.17) is 0 Å². The van der Waals surface area contributed by atoms with Gasteiger partial charge in [0.25, 0.3) is 0 Å². The number of hydrogen-bond acceptors (Lipinski definition) is 4. The zero-order valence-corrected chi connectivity index (χ0v) is 12.2. The summed E-state index contributed by atoms with van der Waals surface area (Å²) in [5.74, 6) is 0. The lowest BCUT2D eigenvalue weighted by atomic mass is 10.2. The Balaban J connectivity index is 1.71. The molecule has 0 atom stereocenters. The minimum Gasteiger partial charge on any atom is -0.307 e. The molecule has 5 nitrogen and oxygen atoms in total. The standard InChI is InChI=1S/C13H17N5S/c1-9-12(18-4-5-19-13(18)16-9)8-14-6-11-7-15-17(3)10(11)2/h4-5,7,14H,6,8H2,1-3H3. The average Bonchev–Trinajstić information content (AvgIpc) is 3.02. The largest absolute Gasteiger partial charge is 0.307 e. The minimum atomic E-state index is 0.818. The fourth-order valence-electron chi connectivity index (χ4n) is 2.19. The molecule has 0 aromatic carbocycles. The summed E-state index contributed by atoms with van der Waals surface area (Å²) < 4.78 is 4.06. The number of aryl methyl sites for hydroxylation is 2. The van der Waals surface area contributed by atoms with Gasteiger partial charge in [-0.3, -0.25) is 9.08 Å². The van der Waals surface area contributed by atoms with Crippen LogP contribution in [0, 0.1) is 13.8 Å². The van der Waals surface area contributed by atoms with Crippen molar-refractivity contribution >= 4 is 16.3 Å². The lowest BCUT2D eigenvalue weighted by Crippen LogP contribution is -2.15. The zero-order chi connectivity index (χ0) is 13.4. The van der Waals surface area contributed by atoms with Crippen molar-refractivity contribution in [3.05, 3.63) is 40.4 Å². The monoisotopic (exact) mass is 275 g/mol. The van der Waals surface area contributed by atoms with Gasteiger partial charge in [-0.1, -0.05) is 0 Å². The second-order valence-electron chi connectivity index (χ2n) is 4.68. The topological polar surface area (TPSA) is 47.1 Å². The van der Waals surface area contributed by atoms with E-state index in [1.54, 1.807) is 11.3 Å². The molecule has 3 heterocycles. The Bertz CT molecular complexity index is 706. The van der Waals surface area contributed by atoms with Gasteiger partial charge in [0.15, 0.2) is 4.96 Å². The number of imidazole rings is 1. The van der Waals surface area contributed by atoms with Crippen molar-refractivity contribution < 1.29 is 0 Å². The molecule has 0 aliphatic heterocycles. The summed E-state index contributed by atoms with van der Waals surface area (Å²) in [6, 6.07) is 0. The van der Waals surface area contributed by atoms with E-state index >= 15 is 0 Å². The van der Waals surface area contributed by atoms with Crippen molar-refractivity contribution in [1.29, 1.82) is 0 Å². The molecule has 0 saturated carbocycles. The van der Waals surface area contributed by atoms with Gasteiger partial charge in [-0.25, -0.2) is 4.98 Å². The molecular weight excluding hydrogens is 258 g/mol. The Morgan fingerprint density at radius 2 is 2.16 bits per heavy atom. The molecule has 1 N–H and O–H groups in total. The summed E-state index contributed by atoms with van der Waals surface area (Å²) in [7, 11) is 1.97. The van der Waals surface area contributed by atoms with Crippen LogP contribution in [0.15, 0.2) is 17.8 Å². The van der Waals surface area contributed by atoms with Crippen LogP contribution in [0.5, 0.6) is 0 Å². The molecule has 0 aliphatic carbocycles. The van der Waals surface area contributed by atoms with Gasteiger partial charge in [0.2, 0.25) is 0 Å². The maximum atomic E-state index is 4.55. The van der Waals surface area contributed by atoms with Crippen molar-refractivity contribution in [3.63, 3.8) is 0 Å².